The number of hydrogen-bond donors (Lipinski definition) is 1. The van der Waals surface area contributed by atoms with E-state index in [1.807, 2.05) is 18.0 Å². The van der Waals surface area contributed by atoms with Gasteiger partial charge in [0, 0.05) is 13.1 Å². The quantitative estimate of drug-likeness (QED) is 0.709. The van der Waals surface area contributed by atoms with Crippen molar-refractivity contribution >= 4 is 11.6 Å². The molecule has 0 aliphatic rings. The predicted octanol–water partition coefficient (Wildman–Crippen LogP) is 0.903. The van der Waals surface area contributed by atoms with Crippen molar-refractivity contribution in [3.05, 3.63) is 12.1 Å². The second-order valence-corrected chi connectivity index (χ2v) is 3.02. The summed E-state index contributed by atoms with van der Waals surface area (Å²) in [6.07, 6.45) is 0. The summed E-state index contributed by atoms with van der Waals surface area (Å²) in [5, 5.41) is 7.72. The maximum atomic E-state index is 5.41. The highest BCUT2D eigenvalue weighted by Gasteiger charge is 2.05. The van der Waals surface area contributed by atoms with Gasteiger partial charge in [0.05, 0.1) is 0 Å². The fourth-order valence-corrected chi connectivity index (χ4v) is 0.788. The molecule has 0 radical (unpaired) electrons. The average molecular weight is 166 g/mol. The van der Waals surface area contributed by atoms with E-state index in [0.29, 0.717) is 11.9 Å². The molecule has 0 amide bonds. The molecule has 0 saturated carbocycles. The molecule has 0 unspecified atom stereocenters. The first-order chi connectivity index (χ1) is 5.61. The summed E-state index contributed by atoms with van der Waals surface area (Å²) in [5.74, 6) is 1.30. The smallest absolute Gasteiger partial charge is 0.151 e. The molecular formula is C8H14N4. The summed E-state index contributed by atoms with van der Waals surface area (Å²) in [6, 6.07) is 4.03. The van der Waals surface area contributed by atoms with Gasteiger partial charge in [-0.05, 0) is 26.0 Å². The van der Waals surface area contributed by atoms with E-state index in [9.17, 15) is 0 Å². The number of nitrogens with zero attached hydrogens (tertiary/aromatic N) is 3. The van der Waals surface area contributed by atoms with Gasteiger partial charge in [-0.15, -0.1) is 10.2 Å². The molecule has 0 aliphatic heterocycles. The number of rotatable bonds is 2. The van der Waals surface area contributed by atoms with E-state index >= 15 is 0 Å². The Morgan fingerprint density at radius 3 is 2.42 bits per heavy atom. The molecule has 1 aromatic heterocycles. The van der Waals surface area contributed by atoms with E-state index in [1.54, 1.807) is 6.07 Å². The van der Waals surface area contributed by atoms with Crippen molar-refractivity contribution in [2.24, 2.45) is 0 Å². The minimum atomic E-state index is 0.419. The fraction of sp³-hybridized carbons (Fsp3) is 0.500. The first-order valence-corrected chi connectivity index (χ1v) is 3.93. The van der Waals surface area contributed by atoms with Gasteiger partial charge in [0.2, 0.25) is 0 Å². The molecule has 0 fully saturated rings. The molecule has 66 valence electrons. The van der Waals surface area contributed by atoms with Crippen LogP contribution in [-0.2, 0) is 0 Å². The Balaban J connectivity index is 2.82. The minimum absolute atomic E-state index is 0.419. The third-order valence-corrected chi connectivity index (χ3v) is 1.81. The van der Waals surface area contributed by atoms with Crippen molar-refractivity contribution in [1.82, 2.24) is 10.2 Å². The molecular weight excluding hydrogens is 152 g/mol. The first-order valence-electron chi connectivity index (χ1n) is 3.93. The maximum Gasteiger partial charge on any atom is 0.151 e. The number of aromatic nitrogens is 2. The topological polar surface area (TPSA) is 55.0 Å². The number of anilines is 2. The lowest BCUT2D eigenvalue weighted by molar-refractivity contribution is 0.735. The molecule has 0 aromatic carbocycles. The van der Waals surface area contributed by atoms with E-state index in [0.717, 1.165) is 5.82 Å². The van der Waals surface area contributed by atoms with Gasteiger partial charge in [0.15, 0.2) is 5.82 Å². The maximum absolute atomic E-state index is 5.41. The largest absolute Gasteiger partial charge is 0.382 e. The molecule has 0 atom stereocenters. The highest BCUT2D eigenvalue weighted by molar-refractivity contribution is 5.40. The number of hydrogen-bond acceptors (Lipinski definition) is 4. The lowest BCUT2D eigenvalue weighted by atomic mass is 10.3. The summed E-state index contributed by atoms with van der Waals surface area (Å²) < 4.78 is 0. The van der Waals surface area contributed by atoms with Crippen LogP contribution in [0.4, 0.5) is 11.6 Å². The van der Waals surface area contributed by atoms with Crippen LogP contribution in [0.25, 0.3) is 0 Å². The molecule has 0 saturated heterocycles. The van der Waals surface area contributed by atoms with Gasteiger partial charge in [-0.25, -0.2) is 0 Å². The summed E-state index contributed by atoms with van der Waals surface area (Å²) in [6.45, 7) is 4.19. The SMILES string of the molecule is CC(C)N(C)c1ccc(N)nn1. The molecule has 4 heteroatoms. The molecule has 12 heavy (non-hydrogen) atoms. The van der Waals surface area contributed by atoms with Gasteiger partial charge in [-0.1, -0.05) is 0 Å². The Morgan fingerprint density at radius 2 is 2.00 bits per heavy atom. The van der Waals surface area contributed by atoms with E-state index < -0.39 is 0 Å². The van der Waals surface area contributed by atoms with Gasteiger partial charge in [-0.2, -0.15) is 0 Å². The zero-order valence-corrected chi connectivity index (χ0v) is 7.65. The van der Waals surface area contributed by atoms with E-state index in [1.165, 1.54) is 0 Å². The van der Waals surface area contributed by atoms with Crippen LogP contribution >= 0.6 is 0 Å². The summed E-state index contributed by atoms with van der Waals surface area (Å²) in [7, 11) is 1.98. The Morgan fingerprint density at radius 1 is 1.33 bits per heavy atom. The first kappa shape index (κ1) is 8.77. The van der Waals surface area contributed by atoms with Gasteiger partial charge in [-0.3, -0.25) is 0 Å². The Labute approximate surface area is 72.4 Å². The predicted molar refractivity (Wildman–Crippen MR) is 50.0 cm³/mol. The van der Waals surface area contributed by atoms with Gasteiger partial charge in [0.25, 0.3) is 0 Å². The zero-order valence-electron chi connectivity index (χ0n) is 7.65. The van der Waals surface area contributed by atoms with Crippen molar-refractivity contribution in [3.63, 3.8) is 0 Å². The van der Waals surface area contributed by atoms with Crippen molar-refractivity contribution < 1.29 is 0 Å². The van der Waals surface area contributed by atoms with Crippen LogP contribution < -0.4 is 10.6 Å². The zero-order chi connectivity index (χ0) is 9.14. The van der Waals surface area contributed by atoms with Crippen LogP contribution in [-0.4, -0.2) is 23.3 Å². The van der Waals surface area contributed by atoms with Crippen molar-refractivity contribution in [2.75, 3.05) is 17.7 Å². The third-order valence-electron chi connectivity index (χ3n) is 1.81. The highest BCUT2D eigenvalue weighted by Crippen LogP contribution is 2.10. The van der Waals surface area contributed by atoms with Crippen LogP contribution in [0.2, 0.25) is 0 Å². The van der Waals surface area contributed by atoms with Gasteiger partial charge >= 0.3 is 0 Å². The van der Waals surface area contributed by atoms with Crippen LogP contribution in [0.5, 0.6) is 0 Å². The Kier molecular flexibility index (Phi) is 2.47. The lowest BCUT2D eigenvalue weighted by Gasteiger charge is -2.21. The van der Waals surface area contributed by atoms with Crippen LogP contribution in [0.3, 0.4) is 0 Å². The second-order valence-electron chi connectivity index (χ2n) is 3.02. The summed E-state index contributed by atoms with van der Waals surface area (Å²) in [5.41, 5.74) is 5.41. The lowest BCUT2D eigenvalue weighted by Crippen LogP contribution is -2.26. The van der Waals surface area contributed by atoms with E-state index in [-0.39, 0.29) is 0 Å². The molecule has 1 aromatic rings. The summed E-state index contributed by atoms with van der Waals surface area (Å²) >= 11 is 0. The van der Waals surface area contributed by atoms with E-state index in [4.69, 9.17) is 5.73 Å². The molecule has 0 aliphatic carbocycles. The second kappa shape index (κ2) is 3.38. The van der Waals surface area contributed by atoms with Gasteiger partial charge < -0.3 is 10.6 Å². The van der Waals surface area contributed by atoms with Crippen molar-refractivity contribution in [1.29, 1.82) is 0 Å². The molecule has 1 rings (SSSR count). The minimum Gasteiger partial charge on any atom is -0.382 e. The molecule has 2 N–H and O–H groups in total. The van der Waals surface area contributed by atoms with Crippen LogP contribution in [0, 0.1) is 0 Å². The van der Waals surface area contributed by atoms with Crippen molar-refractivity contribution in [3.8, 4) is 0 Å². The van der Waals surface area contributed by atoms with Crippen LogP contribution in [0.15, 0.2) is 12.1 Å². The molecule has 0 spiro atoms. The fourth-order valence-electron chi connectivity index (χ4n) is 0.788. The highest BCUT2D eigenvalue weighted by atomic mass is 15.3. The Bertz CT molecular complexity index is 242. The standard InChI is InChI=1S/C8H14N4/c1-6(2)12(3)8-5-4-7(9)10-11-8/h4-6H,1-3H3,(H2,9,10). The molecule has 4 nitrogen and oxygen atoms in total. The Hall–Kier alpha value is -1.32. The summed E-state index contributed by atoms with van der Waals surface area (Å²) in [4.78, 5) is 2.03. The monoisotopic (exact) mass is 166 g/mol. The van der Waals surface area contributed by atoms with Crippen LogP contribution in [0.1, 0.15) is 13.8 Å². The van der Waals surface area contributed by atoms with Gasteiger partial charge in [0.1, 0.15) is 5.82 Å². The molecule has 0 bridgehead atoms. The molecule has 1 heterocycles. The normalized spacial score (nSPS) is 10.3. The third kappa shape index (κ3) is 1.84. The average Bonchev–Trinajstić information content (AvgIpc) is 2.04. The van der Waals surface area contributed by atoms with E-state index in [2.05, 4.69) is 24.0 Å². The number of nitrogens with two attached hydrogens (primary N) is 1. The number of nitrogen functional groups attached to an aromatic ring is 1. The van der Waals surface area contributed by atoms with Crippen molar-refractivity contribution in [2.45, 2.75) is 19.9 Å².